The molecule has 164 valence electrons. The third-order valence-electron chi connectivity index (χ3n) is 5.44. The van der Waals surface area contributed by atoms with Crippen LogP contribution in [0.4, 0.5) is 23.7 Å². The Morgan fingerprint density at radius 1 is 0.938 bits per heavy atom. The van der Waals surface area contributed by atoms with Crippen LogP contribution in [0.15, 0.2) is 66.7 Å². The fourth-order valence-electron chi connectivity index (χ4n) is 3.76. The Morgan fingerprint density at radius 3 is 2.34 bits per heavy atom. The molecule has 0 bridgehead atoms. The summed E-state index contributed by atoms with van der Waals surface area (Å²) >= 11 is 0. The van der Waals surface area contributed by atoms with Crippen molar-refractivity contribution in [3.63, 3.8) is 0 Å². The lowest BCUT2D eigenvalue weighted by Gasteiger charge is -2.26. The lowest BCUT2D eigenvalue weighted by Crippen LogP contribution is -2.34. The van der Waals surface area contributed by atoms with Crippen LogP contribution in [0.25, 0.3) is 11.1 Å². The number of nitrogens with one attached hydrogen (secondary N) is 1. The van der Waals surface area contributed by atoms with E-state index in [1.54, 1.807) is 36.4 Å². The number of nitrogens with zero attached hydrogens (tertiary/aromatic N) is 1. The van der Waals surface area contributed by atoms with Gasteiger partial charge in [0.25, 0.3) is 5.91 Å². The van der Waals surface area contributed by atoms with Crippen molar-refractivity contribution in [1.29, 1.82) is 0 Å². The van der Waals surface area contributed by atoms with E-state index < -0.39 is 17.8 Å². The molecule has 8 heteroatoms. The number of carbonyl (C=O) groups is 2. The van der Waals surface area contributed by atoms with Gasteiger partial charge < -0.3 is 15.3 Å². The number of hydrogen-bond acceptors (Lipinski definition) is 2. The highest BCUT2D eigenvalue weighted by molar-refractivity contribution is 6.08. The van der Waals surface area contributed by atoms with E-state index >= 15 is 0 Å². The number of alkyl halides is 3. The molecule has 3 aromatic rings. The Kier molecular flexibility index (Phi) is 5.61. The van der Waals surface area contributed by atoms with E-state index in [9.17, 15) is 22.8 Å². The van der Waals surface area contributed by atoms with Crippen LogP contribution in [0, 0.1) is 0 Å². The fraction of sp³-hybridized carbons (Fsp3) is 0.167. The Bertz CT molecular complexity index is 1170. The van der Waals surface area contributed by atoms with Gasteiger partial charge in [-0.3, -0.25) is 4.79 Å². The van der Waals surface area contributed by atoms with E-state index in [1.165, 1.54) is 17.0 Å². The predicted molar refractivity (Wildman–Crippen MR) is 113 cm³/mol. The van der Waals surface area contributed by atoms with Crippen molar-refractivity contribution in [3.8, 4) is 11.1 Å². The normalized spacial score (nSPS) is 13.4. The number of benzene rings is 3. The molecule has 32 heavy (non-hydrogen) atoms. The second-order valence-corrected chi connectivity index (χ2v) is 7.51. The van der Waals surface area contributed by atoms with E-state index in [1.807, 2.05) is 6.07 Å². The number of carboxylic acid groups (broad SMARTS) is 1. The number of carbonyl (C=O) groups excluding carboxylic acids is 1. The van der Waals surface area contributed by atoms with Crippen molar-refractivity contribution in [3.05, 3.63) is 89.0 Å². The molecule has 2 N–H and O–H groups in total. The molecule has 1 aliphatic rings. The molecule has 5 nitrogen and oxygen atoms in total. The molecule has 1 heterocycles. The largest absolute Gasteiger partial charge is 0.465 e. The van der Waals surface area contributed by atoms with Crippen LogP contribution in [0.2, 0.25) is 0 Å². The zero-order chi connectivity index (χ0) is 22.9. The molecule has 0 saturated carbocycles. The summed E-state index contributed by atoms with van der Waals surface area (Å²) in [6.45, 7) is 0.687. The van der Waals surface area contributed by atoms with Crippen molar-refractivity contribution in [2.24, 2.45) is 0 Å². The first-order valence-electron chi connectivity index (χ1n) is 9.90. The molecule has 0 aliphatic carbocycles. The Labute approximate surface area is 182 Å². The molecule has 0 fully saturated rings. The molecular formula is C24H19F3N2O3. The van der Waals surface area contributed by atoms with Gasteiger partial charge in [-0.2, -0.15) is 13.2 Å². The van der Waals surface area contributed by atoms with Gasteiger partial charge >= 0.3 is 12.3 Å². The second kappa shape index (κ2) is 8.37. The summed E-state index contributed by atoms with van der Waals surface area (Å²) in [5.41, 5.74) is 3.04. The highest BCUT2D eigenvalue weighted by Gasteiger charge is 2.30. The summed E-state index contributed by atoms with van der Waals surface area (Å²) in [4.78, 5) is 25.5. The van der Waals surface area contributed by atoms with E-state index in [0.29, 0.717) is 41.9 Å². The van der Waals surface area contributed by atoms with E-state index in [0.717, 1.165) is 23.3 Å². The van der Waals surface area contributed by atoms with E-state index in [-0.39, 0.29) is 5.91 Å². The lowest BCUT2D eigenvalue weighted by molar-refractivity contribution is -0.137. The van der Waals surface area contributed by atoms with Crippen LogP contribution in [-0.2, 0) is 19.1 Å². The average molecular weight is 440 g/mol. The number of fused-ring (bicyclic) bond motifs is 1. The maximum Gasteiger partial charge on any atom is 0.416 e. The van der Waals surface area contributed by atoms with Crippen LogP contribution in [-0.4, -0.2) is 28.6 Å². The summed E-state index contributed by atoms with van der Waals surface area (Å²) in [6.07, 6.45) is -4.84. The third kappa shape index (κ3) is 4.44. The van der Waals surface area contributed by atoms with Crippen molar-refractivity contribution < 1.29 is 27.9 Å². The highest BCUT2D eigenvalue weighted by atomic mass is 19.4. The van der Waals surface area contributed by atoms with Crippen LogP contribution < -0.4 is 5.32 Å². The molecule has 0 spiro atoms. The minimum atomic E-state index is -4.43. The van der Waals surface area contributed by atoms with E-state index in [2.05, 4.69) is 5.32 Å². The van der Waals surface area contributed by atoms with Crippen molar-refractivity contribution >= 4 is 17.7 Å². The van der Waals surface area contributed by atoms with Gasteiger partial charge in [0, 0.05) is 24.3 Å². The maximum atomic E-state index is 13.0. The van der Waals surface area contributed by atoms with Gasteiger partial charge in [-0.1, -0.05) is 36.4 Å². The predicted octanol–water partition coefficient (Wildman–Crippen LogP) is 5.66. The first-order chi connectivity index (χ1) is 15.2. The smallest absolute Gasteiger partial charge is 0.416 e. The van der Waals surface area contributed by atoms with Gasteiger partial charge in [-0.15, -0.1) is 0 Å². The Morgan fingerprint density at radius 2 is 1.66 bits per heavy atom. The molecule has 1 aliphatic heterocycles. The molecule has 2 amide bonds. The monoisotopic (exact) mass is 440 g/mol. The number of anilines is 1. The van der Waals surface area contributed by atoms with E-state index in [4.69, 9.17) is 5.11 Å². The summed E-state index contributed by atoms with van der Waals surface area (Å²) in [7, 11) is 0. The SMILES string of the molecule is O=C(Nc1ccc2c(c1)CCN(C(=O)O)C2)c1ccccc1-c1ccc(C(F)(F)F)cc1. The van der Waals surface area contributed by atoms with Crippen molar-refractivity contribution in [2.75, 3.05) is 11.9 Å². The number of amides is 2. The molecule has 0 atom stereocenters. The number of halogens is 3. The highest BCUT2D eigenvalue weighted by Crippen LogP contribution is 2.32. The first-order valence-corrected chi connectivity index (χ1v) is 9.90. The molecule has 0 unspecified atom stereocenters. The van der Waals surface area contributed by atoms with Crippen molar-refractivity contribution in [2.45, 2.75) is 19.1 Å². The van der Waals surface area contributed by atoms with Crippen LogP contribution >= 0.6 is 0 Å². The number of rotatable bonds is 3. The summed E-state index contributed by atoms with van der Waals surface area (Å²) in [6, 6.07) is 16.7. The van der Waals surface area contributed by atoms with Crippen LogP contribution in [0.5, 0.6) is 0 Å². The fourth-order valence-corrected chi connectivity index (χ4v) is 3.76. The quantitative estimate of drug-likeness (QED) is 0.552. The lowest BCUT2D eigenvalue weighted by atomic mass is 9.97. The summed E-state index contributed by atoms with van der Waals surface area (Å²) < 4.78 is 38.6. The molecule has 0 radical (unpaired) electrons. The second-order valence-electron chi connectivity index (χ2n) is 7.51. The zero-order valence-corrected chi connectivity index (χ0v) is 16.8. The molecule has 3 aromatic carbocycles. The molecule has 0 aromatic heterocycles. The average Bonchev–Trinajstić information content (AvgIpc) is 2.78. The van der Waals surface area contributed by atoms with Crippen LogP contribution in [0.1, 0.15) is 27.0 Å². The van der Waals surface area contributed by atoms with Gasteiger partial charge in [0.15, 0.2) is 0 Å². The number of hydrogen-bond donors (Lipinski definition) is 2. The first kappa shape index (κ1) is 21.4. The summed E-state index contributed by atoms with van der Waals surface area (Å²) in [5.74, 6) is -0.386. The topological polar surface area (TPSA) is 69.6 Å². The maximum absolute atomic E-state index is 13.0. The summed E-state index contributed by atoms with van der Waals surface area (Å²) in [5, 5.41) is 12.0. The van der Waals surface area contributed by atoms with Gasteiger partial charge in [-0.05, 0) is 59.0 Å². The standard InChI is InChI=1S/C24H19F3N2O3/c25-24(26,27)18-8-5-15(6-9-18)20-3-1-2-4-21(20)22(30)28-19-10-7-17-14-29(23(31)32)12-11-16(17)13-19/h1-10,13H,11-12,14H2,(H,28,30)(H,31,32). The minimum absolute atomic E-state index is 0.301. The Balaban J connectivity index is 1.56. The molecule has 0 saturated heterocycles. The molecular weight excluding hydrogens is 421 g/mol. The molecule has 4 rings (SSSR count). The van der Waals surface area contributed by atoms with Crippen LogP contribution in [0.3, 0.4) is 0 Å². The third-order valence-corrected chi connectivity index (χ3v) is 5.44. The zero-order valence-electron chi connectivity index (χ0n) is 16.8. The van der Waals surface area contributed by atoms with Gasteiger partial charge in [-0.25, -0.2) is 4.79 Å². The van der Waals surface area contributed by atoms with Gasteiger partial charge in [0.05, 0.1) is 5.56 Å². The minimum Gasteiger partial charge on any atom is -0.465 e. The van der Waals surface area contributed by atoms with Crippen molar-refractivity contribution in [1.82, 2.24) is 4.90 Å². The van der Waals surface area contributed by atoms with Gasteiger partial charge in [0.1, 0.15) is 0 Å². The van der Waals surface area contributed by atoms with Gasteiger partial charge in [0.2, 0.25) is 0 Å². The Hall–Kier alpha value is -3.81.